The second-order valence-electron chi connectivity index (χ2n) is 4.51. The predicted octanol–water partition coefficient (Wildman–Crippen LogP) is 2.47. The number of nitrogen functional groups attached to an aromatic ring is 1. The minimum Gasteiger partial charge on any atom is -0.398 e. The number of rotatable bonds is 6. The Balaban J connectivity index is 2.59. The van der Waals surface area contributed by atoms with E-state index in [9.17, 15) is 0 Å². The van der Waals surface area contributed by atoms with E-state index in [1.807, 2.05) is 24.9 Å². The van der Waals surface area contributed by atoms with Gasteiger partial charge in [-0.25, -0.2) is 0 Å². The van der Waals surface area contributed by atoms with Crippen molar-refractivity contribution in [3.8, 4) is 0 Å². The highest BCUT2D eigenvalue weighted by molar-refractivity contribution is 7.98. The Labute approximate surface area is 109 Å². The number of hydrogen-bond acceptors (Lipinski definition) is 4. The number of aryl methyl sites for hydroxylation is 1. The van der Waals surface area contributed by atoms with Crippen LogP contribution in [0.15, 0.2) is 6.20 Å². The molecule has 96 valence electrons. The van der Waals surface area contributed by atoms with E-state index >= 15 is 0 Å². The van der Waals surface area contributed by atoms with Crippen LogP contribution in [0.1, 0.15) is 23.2 Å². The van der Waals surface area contributed by atoms with Crippen LogP contribution < -0.4 is 5.73 Å². The fourth-order valence-electron chi connectivity index (χ4n) is 1.77. The van der Waals surface area contributed by atoms with Gasteiger partial charge in [-0.1, -0.05) is 0 Å². The molecule has 2 N–H and O–H groups in total. The van der Waals surface area contributed by atoms with Crippen LogP contribution in [0.3, 0.4) is 0 Å². The highest BCUT2D eigenvalue weighted by Crippen LogP contribution is 2.18. The molecule has 4 heteroatoms. The normalized spacial score (nSPS) is 11.1. The summed E-state index contributed by atoms with van der Waals surface area (Å²) in [6.45, 7) is 6.04. The van der Waals surface area contributed by atoms with Gasteiger partial charge in [-0.3, -0.25) is 4.98 Å². The number of pyridine rings is 1. The summed E-state index contributed by atoms with van der Waals surface area (Å²) in [6.07, 6.45) is 5.23. The topological polar surface area (TPSA) is 42.2 Å². The van der Waals surface area contributed by atoms with Crippen LogP contribution in [-0.4, -0.2) is 35.5 Å². The Morgan fingerprint density at radius 1 is 1.41 bits per heavy atom. The van der Waals surface area contributed by atoms with Gasteiger partial charge in [0.1, 0.15) is 0 Å². The number of thioether (sulfide) groups is 1. The Kier molecular flexibility index (Phi) is 5.78. The summed E-state index contributed by atoms with van der Waals surface area (Å²) in [7, 11) is 2.14. The zero-order valence-corrected chi connectivity index (χ0v) is 12.1. The van der Waals surface area contributed by atoms with Gasteiger partial charge in [0.2, 0.25) is 0 Å². The van der Waals surface area contributed by atoms with Crippen molar-refractivity contribution in [2.45, 2.75) is 26.8 Å². The zero-order valence-electron chi connectivity index (χ0n) is 11.3. The quantitative estimate of drug-likeness (QED) is 0.791. The van der Waals surface area contributed by atoms with E-state index in [1.165, 1.54) is 12.2 Å². The first-order chi connectivity index (χ1) is 8.06. The third-order valence-corrected chi connectivity index (χ3v) is 3.68. The average molecular weight is 253 g/mol. The average Bonchev–Trinajstić information content (AvgIpc) is 2.30. The number of hydrogen-bond donors (Lipinski definition) is 1. The lowest BCUT2D eigenvalue weighted by atomic mass is 10.1. The van der Waals surface area contributed by atoms with Gasteiger partial charge in [0.25, 0.3) is 0 Å². The van der Waals surface area contributed by atoms with Gasteiger partial charge in [-0.2, -0.15) is 11.8 Å². The van der Waals surface area contributed by atoms with Crippen molar-refractivity contribution in [2.24, 2.45) is 0 Å². The summed E-state index contributed by atoms with van der Waals surface area (Å²) in [6, 6.07) is 0. The maximum atomic E-state index is 6.02. The molecule has 0 unspecified atom stereocenters. The minimum atomic E-state index is 0.880. The van der Waals surface area contributed by atoms with Gasteiger partial charge < -0.3 is 10.6 Å². The second-order valence-corrected chi connectivity index (χ2v) is 5.50. The molecule has 0 spiro atoms. The van der Waals surface area contributed by atoms with E-state index in [4.69, 9.17) is 5.73 Å². The first-order valence-corrected chi connectivity index (χ1v) is 7.33. The fourth-order valence-corrected chi connectivity index (χ4v) is 2.18. The van der Waals surface area contributed by atoms with Crippen molar-refractivity contribution < 1.29 is 0 Å². The molecule has 0 bridgehead atoms. The maximum absolute atomic E-state index is 6.02. The molecule has 1 rings (SSSR count). The molecule has 0 radical (unpaired) electrons. The summed E-state index contributed by atoms with van der Waals surface area (Å²) in [5, 5.41) is 0. The minimum absolute atomic E-state index is 0.880. The van der Waals surface area contributed by atoms with Gasteiger partial charge in [0, 0.05) is 18.4 Å². The molecule has 0 saturated heterocycles. The summed E-state index contributed by atoms with van der Waals surface area (Å²) in [5.41, 5.74) is 10.2. The molecule has 0 aliphatic heterocycles. The third kappa shape index (κ3) is 4.21. The molecular weight excluding hydrogens is 230 g/mol. The number of nitrogens with two attached hydrogens (primary N) is 1. The molecule has 0 aliphatic carbocycles. The van der Waals surface area contributed by atoms with Crippen LogP contribution >= 0.6 is 11.8 Å². The van der Waals surface area contributed by atoms with Gasteiger partial charge in [-0.15, -0.1) is 0 Å². The summed E-state index contributed by atoms with van der Waals surface area (Å²) in [4.78, 5) is 6.79. The monoisotopic (exact) mass is 253 g/mol. The Hall–Kier alpha value is -0.740. The van der Waals surface area contributed by atoms with Crippen LogP contribution in [0.4, 0.5) is 5.69 Å². The molecule has 17 heavy (non-hydrogen) atoms. The first-order valence-electron chi connectivity index (χ1n) is 5.94. The standard InChI is InChI=1S/C13H23N3S/c1-10-8-15-12(11(2)13(10)14)9-16(3)6-5-7-17-4/h8H,5-7,9H2,1-4H3,(H2,14,15). The van der Waals surface area contributed by atoms with E-state index in [0.717, 1.165) is 35.6 Å². The molecular formula is C13H23N3S. The van der Waals surface area contributed by atoms with Crippen molar-refractivity contribution in [2.75, 3.05) is 31.3 Å². The summed E-state index contributed by atoms with van der Waals surface area (Å²) in [5.74, 6) is 1.22. The summed E-state index contributed by atoms with van der Waals surface area (Å²) < 4.78 is 0. The van der Waals surface area contributed by atoms with Crippen molar-refractivity contribution >= 4 is 17.4 Å². The highest BCUT2D eigenvalue weighted by atomic mass is 32.2. The van der Waals surface area contributed by atoms with Crippen LogP contribution in [-0.2, 0) is 6.54 Å². The van der Waals surface area contributed by atoms with Gasteiger partial charge in [0.15, 0.2) is 0 Å². The van der Waals surface area contributed by atoms with E-state index in [1.54, 1.807) is 0 Å². The molecule has 0 aliphatic rings. The SMILES string of the molecule is CSCCCN(C)Cc1ncc(C)c(N)c1C. The molecule has 3 nitrogen and oxygen atoms in total. The zero-order chi connectivity index (χ0) is 12.8. The van der Waals surface area contributed by atoms with Crippen LogP contribution in [0.25, 0.3) is 0 Å². The smallest absolute Gasteiger partial charge is 0.0593 e. The number of nitrogens with zero attached hydrogens (tertiary/aromatic N) is 2. The van der Waals surface area contributed by atoms with Crippen molar-refractivity contribution in [3.05, 3.63) is 23.0 Å². The molecule has 0 atom stereocenters. The van der Waals surface area contributed by atoms with Crippen LogP contribution in [0, 0.1) is 13.8 Å². The van der Waals surface area contributed by atoms with Crippen LogP contribution in [0.2, 0.25) is 0 Å². The Morgan fingerprint density at radius 3 is 2.76 bits per heavy atom. The Bertz CT molecular complexity index is 366. The molecule has 1 heterocycles. The van der Waals surface area contributed by atoms with Gasteiger partial charge >= 0.3 is 0 Å². The predicted molar refractivity (Wildman–Crippen MR) is 77.5 cm³/mol. The lowest BCUT2D eigenvalue weighted by Crippen LogP contribution is -2.21. The lowest BCUT2D eigenvalue weighted by Gasteiger charge is -2.18. The van der Waals surface area contributed by atoms with Gasteiger partial charge in [-0.05, 0) is 57.0 Å². The molecule has 0 amide bonds. The third-order valence-electron chi connectivity index (χ3n) is 2.98. The lowest BCUT2D eigenvalue weighted by molar-refractivity contribution is 0.324. The van der Waals surface area contributed by atoms with Gasteiger partial charge in [0.05, 0.1) is 5.69 Å². The van der Waals surface area contributed by atoms with E-state index in [-0.39, 0.29) is 0 Å². The van der Waals surface area contributed by atoms with Crippen molar-refractivity contribution in [1.82, 2.24) is 9.88 Å². The fraction of sp³-hybridized carbons (Fsp3) is 0.615. The highest BCUT2D eigenvalue weighted by Gasteiger charge is 2.08. The molecule has 1 aromatic heterocycles. The van der Waals surface area contributed by atoms with Crippen molar-refractivity contribution in [3.63, 3.8) is 0 Å². The number of anilines is 1. The van der Waals surface area contributed by atoms with E-state index < -0.39 is 0 Å². The molecule has 0 saturated carbocycles. The maximum Gasteiger partial charge on any atom is 0.0593 e. The number of aromatic nitrogens is 1. The Morgan fingerprint density at radius 2 is 2.12 bits per heavy atom. The van der Waals surface area contributed by atoms with E-state index in [2.05, 4.69) is 30.1 Å². The largest absolute Gasteiger partial charge is 0.398 e. The van der Waals surface area contributed by atoms with E-state index in [0.29, 0.717) is 0 Å². The van der Waals surface area contributed by atoms with Crippen LogP contribution in [0.5, 0.6) is 0 Å². The first kappa shape index (κ1) is 14.3. The molecule has 0 aromatic carbocycles. The van der Waals surface area contributed by atoms with Crippen molar-refractivity contribution in [1.29, 1.82) is 0 Å². The summed E-state index contributed by atoms with van der Waals surface area (Å²) >= 11 is 1.90. The molecule has 0 fully saturated rings. The molecule has 1 aromatic rings. The second kappa shape index (κ2) is 6.87.